The largest absolute Gasteiger partial charge is 0.496 e. The number of H-pyrrole nitrogens is 1. The fraction of sp³-hybridized carbons (Fsp3) is 0.475. The van der Waals surface area contributed by atoms with Gasteiger partial charge in [0.1, 0.15) is 23.2 Å². The average molecular weight is 712 g/mol. The van der Waals surface area contributed by atoms with Gasteiger partial charge in [-0.25, -0.2) is 19.1 Å². The summed E-state index contributed by atoms with van der Waals surface area (Å²) >= 11 is 0. The molecule has 1 aliphatic rings. The van der Waals surface area contributed by atoms with Gasteiger partial charge in [0.15, 0.2) is 17.6 Å². The Kier molecular flexibility index (Phi) is 11.9. The van der Waals surface area contributed by atoms with Crippen molar-refractivity contribution in [2.75, 3.05) is 12.4 Å². The number of fused-ring (bicyclic) bond motifs is 1. The van der Waals surface area contributed by atoms with E-state index in [0.29, 0.717) is 29.2 Å². The molecule has 0 spiro atoms. The topological polar surface area (TPSA) is 138 Å². The van der Waals surface area contributed by atoms with Crippen LogP contribution >= 0.6 is 0 Å². The standard InChI is InChI=1S/C40H49N5O7/c1-10-11-15-31(50-29-18-16-23(4)20-26(29)7)37(46)42-27-17-19-30(49-9)28(21-27)35-43-36-32(40(48)51-34-24(5)13-12-14-25(34)6)33(41-8)38(45(36)44-35)52-39(47)22(2)3/h16-22,24-25,31,34H,10-15H2,1-7,9H3,(H,42,46)(H,43,44). The third-order valence-electron chi connectivity index (χ3n) is 9.62. The molecule has 1 amide bonds. The second-order valence-corrected chi connectivity index (χ2v) is 14.1. The first-order valence-electron chi connectivity index (χ1n) is 18.0. The van der Waals surface area contributed by atoms with Gasteiger partial charge in [-0.3, -0.25) is 14.7 Å². The highest BCUT2D eigenvalue weighted by atomic mass is 16.6. The molecule has 0 saturated heterocycles. The molecular weight excluding hydrogens is 662 g/mol. The molecule has 0 radical (unpaired) electrons. The molecule has 276 valence electrons. The van der Waals surface area contributed by atoms with Crippen LogP contribution in [0.3, 0.4) is 0 Å². The number of unbranched alkanes of at least 4 members (excludes halogenated alkanes) is 1. The van der Waals surface area contributed by atoms with E-state index >= 15 is 0 Å². The molecule has 3 unspecified atom stereocenters. The van der Waals surface area contributed by atoms with Crippen LogP contribution in [0.5, 0.6) is 17.4 Å². The van der Waals surface area contributed by atoms with E-state index in [1.165, 1.54) is 11.6 Å². The Labute approximate surface area is 305 Å². The van der Waals surface area contributed by atoms with E-state index in [2.05, 4.69) is 36.0 Å². The molecule has 2 aromatic heterocycles. The molecule has 52 heavy (non-hydrogen) atoms. The van der Waals surface area contributed by atoms with E-state index in [1.54, 1.807) is 32.0 Å². The minimum absolute atomic E-state index is 0.0617. The number of anilines is 1. The lowest BCUT2D eigenvalue weighted by molar-refractivity contribution is -0.138. The van der Waals surface area contributed by atoms with Crippen molar-refractivity contribution in [1.29, 1.82) is 0 Å². The molecule has 1 fully saturated rings. The minimum Gasteiger partial charge on any atom is -0.496 e. The highest BCUT2D eigenvalue weighted by Crippen LogP contribution is 2.41. The van der Waals surface area contributed by atoms with Crippen LogP contribution in [-0.4, -0.2) is 51.8 Å². The highest BCUT2D eigenvalue weighted by Gasteiger charge is 2.36. The number of hydrogen-bond donors (Lipinski definition) is 2. The van der Waals surface area contributed by atoms with Crippen LogP contribution < -0.4 is 19.5 Å². The van der Waals surface area contributed by atoms with Crippen molar-refractivity contribution >= 4 is 34.9 Å². The predicted molar refractivity (Wildman–Crippen MR) is 198 cm³/mol. The third kappa shape index (κ3) is 8.09. The van der Waals surface area contributed by atoms with E-state index in [-0.39, 0.29) is 52.4 Å². The van der Waals surface area contributed by atoms with E-state index in [0.717, 1.165) is 43.2 Å². The number of rotatable bonds is 13. The molecule has 3 atom stereocenters. The molecule has 0 aliphatic heterocycles. The monoisotopic (exact) mass is 711 g/mol. The molecule has 2 aromatic carbocycles. The van der Waals surface area contributed by atoms with Crippen molar-refractivity contribution in [2.24, 2.45) is 17.8 Å². The van der Waals surface area contributed by atoms with Gasteiger partial charge in [-0.2, -0.15) is 0 Å². The lowest BCUT2D eigenvalue weighted by Crippen LogP contribution is -2.34. The van der Waals surface area contributed by atoms with Gasteiger partial charge in [-0.1, -0.05) is 65.2 Å². The predicted octanol–water partition coefficient (Wildman–Crippen LogP) is 8.62. The summed E-state index contributed by atoms with van der Waals surface area (Å²) in [5.74, 6) is -0.678. The zero-order valence-electron chi connectivity index (χ0n) is 31.3. The lowest BCUT2D eigenvalue weighted by atomic mass is 9.80. The van der Waals surface area contributed by atoms with Crippen molar-refractivity contribution < 1.29 is 33.3 Å². The van der Waals surface area contributed by atoms with Crippen LogP contribution in [0.15, 0.2) is 36.4 Å². The first-order chi connectivity index (χ1) is 24.9. The maximum atomic E-state index is 13.9. The second kappa shape index (κ2) is 16.4. The SMILES string of the molecule is [C-]#[N+]c1c(C(=O)OC2C(C)CCCC2C)c2nc(-c3cc(NC(=O)C(CCCC)Oc4ccc(C)cc4C)ccc3OC)[nH]n2c1OC(=O)C(C)C. The van der Waals surface area contributed by atoms with Crippen LogP contribution in [0, 0.1) is 38.2 Å². The van der Waals surface area contributed by atoms with Gasteiger partial charge in [-0.05, 0) is 81.2 Å². The van der Waals surface area contributed by atoms with Gasteiger partial charge >= 0.3 is 11.9 Å². The van der Waals surface area contributed by atoms with Gasteiger partial charge in [0.2, 0.25) is 5.88 Å². The Morgan fingerprint density at radius 1 is 1.08 bits per heavy atom. The summed E-state index contributed by atoms with van der Waals surface area (Å²) in [6, 6.07) is 11.0. The van der Waals surface area contributed by atoms with Crippen LogP contribution in [0.25, 0.3) is 21.9 Å². The van der Waals surface area contributed by atoms with Crippen molar-refractivity contribution in [2.45, 2.75) is 99.2 Å². The number of hydrogen-bond acceptors (Lipinski definition) is 8. The molecule has 2 N–H and O–H groups in total. The maximum Gasteiger partial charge on any atom is 0.331 e. The van der Waals surface area contributed by atoms with Crippen molar-refractivity contribution in [1.82, 2.24) is 14.6 Å². The minimum atomic E-state index is -0.733. The first-order valence-corrected chi connectivity index (χ1v) is 18.0. The number of nitrogens with zero attached hydrogens (tertiary/aromatic N) is 3. The van der Waals surface area contributed by atoms with Gasteiger partial charge in [0, 0.05) is 5.69 Å². The number of methoxy groups -OCH3 is 1. The van der Waals surface area contributed by atoms with Gasteiger partial charge < -0.3 is 24.3 Å². The summed E-state index contributed by atoms with van der Waals surface area (Å²) in [6.45, 7) is 21.5. The quantitative estimate of drug-likeness (QED) is 0.104. The van der Waals surface area contributed by atoms with Gasteiger partial charge in [-0.15, -0.1) is 0 Å². The molecule has 4 aromatic rings. The number of amides is 1. The molecule has 1 aliphatic carbocycles. The molecule has 0 bridgehead atoms. The number of aromatic nitrogens is 3. The number of aromatic amines is 1. The van der Waals surface area contributed by atoms with E-state index < -0.39 is 24.0 Å². The lowest BCUT2D eigenvalue weighted by Gasteiger charge is -2.33. The Balaban J connectivity index is 1.53. The van der Waals surface area contributed by atoms with Crippen LogP contribution in [0.4, 0.5) is 11.4 Å². The Morgan fingerprint density at radius 2 is 1.79 bits per heavy atom. The molecule has 12 heteroatoms. The molecule has 5 rings (SSSR count). The molecule has 2 heterocycles. The molecule has 1 saturated carbocycles. The number of carbonyl (C=O) groups excluding carboxylic acids is 3. The zero-order chi connectivity index (χ0) is 37.7. The second-order valence-electron chi connectivity index (χ2n) is 14.1. The number of carbonyl (C=O) groups is 3. The number of nitrogens with one attached hydrogen (secondary N) is 2. The average Bonchev–Trinajstić information content (AvgIpc) is 3.66. The Bertz CT molecular complexity index is 1980. The van der Waals surface area contributed by atoms with Crippen molar-refractivity contribution in [3.05, 3.63) is 64.5 Å². The van der Waals surface area contributed by atoms with Crippen LogP contribution in [-0.2, 0) is 14.3 Å². The summed E-state index contributed by atoms with van der Waals surface area (Å²) < 4.78 is 25.0. The maximum absolute atomic E-state index is 13.9. The summed E-state index contributed by atoms with van der Waals surface area (Å²) in [5, 5.41) is 6.10. The highest BCUT2D eigenvalue weighted by molar-refractivity contribution is 6.05. The number of esters is 2. The van der Waals surface area contributed by atoms with Gasteiger partial charge in [0.25, 0.3) is 11.6 Å². The van der Waals surface area contributed by atoms with Crippen LogP contribution in [0.2, 0.25) is 0 Å². The van der Waals surface area contributed by atoms with Crippen LogP contribution in [0.1, 0.15) is 94.6 Å². The van der Waals surface area contributed by atoms with E-state index in [9.17, 15) is 14.4 Å². The number of ether oxygens (including phenoxy) is 4. The van der Waals surface area contributed by atoms with Crippen molar-refractivity contribution in [3.63, 3.8) is 0 Å². The smallest absolute Gasteiger partial charge is 0.331 e. The first kappa shape index (κ1) is 37.9. The number of benzene rings is 2. The molecular formula is C40H49N5O7. The van der Waals surface area contributed by atoms with Crippen molar-refractivity contribution in [3.8, 4) is 28.8 Å². The fourth-order valence-electron chi connectivity index (χ4n) is 6.67. The van der Waals surface area contributed by atoms with E-state index in [1.807, 2.05) is 32.0 Å². The Hall–Kier alpha value is -5.31. The molecule has 12 nitrogen and oxygen atoms in total. The summed E-state index contributed by atoms with van der Waals surface area (Å²) in [6.07, 6.45) is 4.07. The fourth-order valence-corrected chi connectivity index (χ4v) is 6.67. The summed E-state index contributed by atoms with van der Waals surface area (Å²) in [4.78, 5) is 48.8. The summed E-state index contributed by atoms with van der Waals surface area (Å²) in [5.41, 5.74) is 2.75. The number of aryl methyl sites for hydroxylation is 2. The zero-order valence-corrected chi connectivity index (χ0v) is 31.3. The summed E-state index contributed by atoms with van der Waals surface area (Å²) in [7, 11) is 1.51. The normalized spacial score (nSPS) is 17.7. The van der Waals surface area contributed by atoms with E-state index in [4.69, 9.17) is 30.5 Å². The van der Waals surface area contributed by atoms with Gasteiger partial charge in [0.05, 0.1) is 25.2 Å². The Morgan fingerprint density at radius 3 is 2.42 bits per heavy atom. The third-order valence-corrected chi connectivity index (χ3v) is 9.62.